The summed E-state index contributed by atoms with van der Waals surface area (Å²) in [6.07, 6.45) is 0. The van der Waals surface area contributed by atoms with Crippen molar-refractivity contribution in [3.63, 3.8) is 0 Å². The fourth-order valence-corrected chi connectivity index (χ4v) is 2.76. The van der Waals surface area contributed by atoms with E-state index in [-0.39, 0.29) is 0 Å². The lowest BCUT2D eigenvalue weighted by molar-refractivity contribution is 0.985. The zero-order chi connectivity index (χ0) is 12.3. The Balaban J connectivity index is 2.13. The van der Waals surface area contributed by atoms with E-state index < -0.39 is 0 Å². The molecule has 1 aromatic carbocycles. The number of nitrogens with one attached hydrogen (secondary N) is 1. The van der Waals surface area contributed by atoms with E-state index in [1.807, 2.05) is 13.0 Å². The predicted molar refractivity (Wildman–Crippen MR) is 74.9 cm³/mol. The van der Waals surface area contributed by atoms with Crippen LogP contribution in [0.5, 0.6) is 0 Å². The van der Waals surface area contributed by atoms with E-state index in [0.717, 1.165) is 17.3 Å². The van der Waals surface area contributed by atoms with E-state index in [9.17, 15) is 0 Å². The molecule has 0 saturated carbocycles. The maximum absolute atomic E-state index is 5.10. The molecular formula is C13H14N2S2. The second kappa shape index (κ2) is 5.47. The van der Waals surface area contributed by atoms with Gasteiger partial charge in [-0.25, -0.2) is 4.98 Å². The van der Waals surface area contributed by atoms with Gasteiger partial charge < -0.3 is 4.98 Å². The zero-order valence-corrected chi connectivity index (χ0v) is 11.5. The summed E-state index contributed by atoms with van der Waals surface area (Å²) in [5, 5.41) is 0. The topological polar surface area (TPSA) is 28.7 Å². The number of aromatic nitrogens is 2. The van der Waals surface area contributed by atoms with E-state index in [1.165, 1.54) is 10.5 Å². The summed E-state index contributed by atoms with van der Waals surface area (Å²) in [5.41, 5.74) is 2.36. The van der Waals surface area contributed by atoms with Crippen LogP contribution in [0.15, 0.2) is 35.2 Å². The molecule has 1 heterocycles. The number of H-pyrrole nitrogens is 1. The van der Waals surface area contributed by atoms with E-state index in [4.69, 9.17) is 12.2 Å². The number of rotatable bonds is 3. The van der Waals surface area contributed by atoms with Crippen LogP contribution in [0, 0.1) is 18.5 Å². The number of hydrogen-bond acceptors (Lipinski definition) is 3. The molecule has 0 fully saturated rings. The van der Waals surface area contributed by atoms with Crippen LogP contribution in [0.2, 0.25) is 0 Å². The SMILES string of the molecule is Cc1cc(=S)nc(CSc2ccccc2C)[nH]1. The van der Waals surface area contributed by atoms with Crippen LogP contribution in [0.4, 0.5) is 0 Å². The summed E-state index contributed by atoms with van der Waals surface area (Å²) >= 11 is 6.88. The van der Waals surface area contributed by atoms with E-state index in [1.54, 1.807) is 11.8 Å². The first kappa shape index (κ1) is 12.3. The maximum atomic E-state index is 5.10. The van der Waals surface area contributed by atoms with Crippen LogP contribution in [-0.2, 0) is 5.75 Å². The Hall–Kier alpha value is -1.13. The first-order valence-electron chi connectivity index (χ1n) is 5.40. The van der Waals surface area contributed by atoms with Crippen LogP contribution in [-0.4, -0.2) is 9.97 Å². The molecular weight excluding hydrogens is 248 g/mol. The number of aromatic amines is 1. The normalized spacial score (nSPS) is 10.5. The van der Waals surface area contributed by atoms with Gasteiger partial charge in [0.1, 0.15) is 10.5 Å². The zero-order valence-electron chi connectivity index (χ0n) is 9.86. The Morgan fingerprint density at radius 1 is 1.29 bits per heavy atom. The molecule has 2 aromatic rings. The lowest BCUT2D eigenvalue weighted by Crippen LogP contribution is -1.95. The third-order valence-electron chi connectivity index (χ3n) is 2.38. The molecule has 0 aliphatic heterocycles. The highest BCUT2D eigenvalue weighted by molar-refractivity contribution is 7.98. The van der Waals surface area contributed by atoms with Gasteiger partial charge in [0.05, 0.1) is 5.75 Å². The molecule has 1 N–H and O–H groups in total. The molecule has 2 rings (SSSR count). The first-order chi connectivity index (χ1) is 8.15. The van der Waals surface area contributed by atoms with Crippen molar-refractivity contribution in [3.8, 4) is 0 Å². The molecule has 0 aliphatic carbocycles. The minimum Gasteiger partial charge on any atom is -0.347 e. The third kappa shape index (κ3) is 3.41. The monoisotopic (exact) mass is 262 g/mol. The highest BCUT2D eigenvalue weighted by Gasteiger charge is 2.01. The molecule has 4 heteroatoms. The van der Waals surface area contributed by atoms with Gasteiger partial charge in [-0.1, -0.05) is 30.4 Å². The van der Waals surface area contributed by atoms with Gasteiger partial charge in [0.25, 0.3) is 0 Å². The number of hydrogen-bond donors (Lipinski definition) is 1. The van der Waals surface area contributed by atoms with Crippen molar-refractivity contribution in [2.24, 2.45) is 0 Å². The van der Waals surface area contributed by atoms with Crippen LogP contribution < -0.4 is 0 Å². The smallest absolute Gasteiger partial charge is 0.130 e. The first-order valence-corrected chi connectivity index (χ1v) is 6.80. The van der Waals surface area contributed by atoms with Crippen molar-refractivity contribution in [2.75, 3.05) is 0 Å². The molecule has 2 nitrogen and oxygen atoms in total. The van der Waals surface area contributed by atoms with Crippen LogP contribution in [0.3, 0.4) is 0 Å². The minimum absolute atomic E-state index is 0.654. The molecule has 0 atom stereocenters. The van der Waals surface area contributed by atoms with Gasteiger partial charge in [-0.05, 0) is 31.5 Å². The highest BCUT2D eigenvalue weighted by Crippen LogP contribution is 2.24. The summed E-state index contributed by atoms with van der Waals surface area (Å²) in [7, 11) is 0. The maximum Gasteiger partial charge on any atom is 0.130 e. The second-order valence-electron chi connectivity index (χ2n) is 3.90. The molecule has 0 radical (unpaired) electrons. The van der Waals surface area contributed by atoms with Crippen molar-refractivity contribution in [2.45, 2.75) is 24.5 Å². The van der Waals surface area contributed by atoms with Crippen LogP contribution in [0.1, 0.15) is 17.1 Å². The summed E-state index contributed by atoms with van der Waals surface area (Å²) in [6.45, 7) is 4.12. The number of benzene rings is 1. The fourth-order valence-electron chi connectivity index (χ4n) is 1.57. The van der Waals surface area contributed by atoms with Gasteiger partial charge in [-0.2, -0.15) is 0 Å². The van der Waals surface area contributed by atoms with Crippen molar-refractivity contribution < 1.29 is 0 Å². The predicted octanol–water partition coefficient (Wildman–Crippen LogP) is 4.05. The Morgan fingerprint density at radius 3 is 2.76 bits per heavy atom. The van der Waals surface area contributed by atoms with Gasteiger partial charge in [0.15, 0.2) is 0 Å². The fraction of sp³-hybridized carbons (Fsp3) is 0.231. The molecule has 88 valence electrons. The summed E-state index contributed by atoms with van der Waals surface area (Å²) < 4.78 is 0.654. The molecule has 0 aliphatic rings. The van der Waals surface area contributed by atoms with Gasteiger partial charge >= 0.3 is 0 Å². The summed E-state index contributed by atoms with van der Waals surface area (Å²) in [5.74, 6) is 1.75. The summed E-state index contributed by atoms with van der Waals surface area (Å²) in [6, 6.07) is 10.2. The van der Waals surface area contributed by atoms with Gasteiger partial charge in [-0.3, -0.25) is 0 Å². The van der Waals surface area contributed by atoms with Crippen LogP contribution >= 0.6 is 24.0 Å². The van der Waals surface area contributed by atoms with Crippen molar-refractivity contribution in [3.05, 3.63) is 52.1 Å². The van der Waals surface area contributed by atoms with E-state index >= 15 is 0 Å². The van der Waals surface area contributed by atoms with Gasteiger partial charge in [-0.15, -0.1) is 11.8 Å². The van der Waals surface area contributed by atoms with Crippen LogP contribution in [0.25, 0.3) is 0 Å². The molecule has 17 heavy (non-hydrogen) atoms. The number of aryl methyl sites for hydroxylation is 2. The van der Waals surface area contributed by atoms with E-state index in [2.05, 4.69) is 41.2 Å². The quantitative estimate of drug-likeness (QED) is 0.668. The lowest BCUT2D eigenvalue weighted by Gasteiger charge is -2.05. The van der Waals surface area contributed by atoms with E-state index in [0.29, 0.717) is 4.64 Å². The Labute approximate surface area is 111 Å². The molecule has 0 amide bonds. The molecule has 0 unspecified atom stereocenters. The van der Waals surface area contributed by atoms with Gasteiger partial charge in [0.2, 0.25) is 0 Å². The molecule has 1 aromatic heterocycles. The Morgan fingerprint density at radius 2 is 2.06 bits per heavy atom. The van der Waals surface area contributed by atoms with Crippen molar-refractivity contribution >= 4 is 24.0 Å². The molecule has 0 spiro atoms. The van der Waals surface area contributed by atoms with Crippen molar-refractivity contribution in [1.82, 2.24) is 9.97 Å². The number of nitrogens with zero attached hydrogens (tertiary/aromatic N) is 1. The second-order valence-corrected chi connectivity index (χ2v) is 5.34. The Bertz CT molecular complexity index is 576. The standard InChI is InChI=1S/C13H14N2S2/c1-9-5-3-4-6-11(9)17-8-12-14-10(2)7-13(16)15-12/h3-7H,8H2,1-2H3,(H,14,15,16). The average molecular weight is 262 g/mol. The largest absolute Gasteiger partial charge is 0.347 e. The third-order valence-corrected chi connectivity index (χ3v) is 3.78. The highest BCUT2D eigenvalue weighted by atomic mass is 32.2. The van der Waals surface area contributed by atoms with Crippen molar-refractivity contribution in [1.29, 1.82) is 0 Å². The summed E-state index contributed by atoms with van der Waals surface area (Å²) in [4.78, 5) is 8.84. The lowest BCUT2D eigenvalue weighted by atomic mass is 10.2. The molecule has 0 saturated heterocycles. The minimum atomic E-state index is 0.654. The Kier molecular flexibility index (Phi) is 3.97. The number of thioether (sulfide) groups is 1. The molecule has 0 bridgehead atoms. The van der Waals surface area contributed by atoms with Gasteiger partial charge in [0, 0.05) is 10.6 Å². The average Bonchev–Trinajstić information content (AvgIpc) is 2.27.